The Kier molecular flexibility index (Phi) is 3.30. The van der Waals surface area contributed by atoms with Gasteiger partial charge in [-0.25, -0.2) is 0 Å². The van der Waals surface area contributed by atoms with Crippen molar-refractivity contribution >= 4 is 17.7 Å². The molecule has 1 N–H and O–H groups in total. The molecule has 0 aromatic carbocycles. The van der Waals surface area contributed by atoms with Crippen LogP contribution in [0.25, 0.3) is 0 Å². The Balaban J connectivity index is 2.58. The molecule has 0 saturated carbocycles. The van der Waals surface area contributed by atoms with Gasteiger partial charge < -0.3 is 9.52 Å². The van der Waals surface area contributed by atoms with Gasteiger partial charge in [-0.3, -0.25) is 4.79 Å². The maximum Gasteiger partial charge on any atom is 0.306 e. The molecule has 6 heteroatoms. The van der Waals surface area contributed by atoms with E-state index in [0.717, 1.165) is 0 Å². The molecular formula is C7H10N2O3S. The molecule has 0 aliphatic rings. The Labute approximate surface area is 79.5 Å². The van der Waals surface area contributed by atoms with Crippen LogP contribution in [0.1, 0.15) is 12.8 Å². The molecule has 0 radical (unpaired) electrons. The zero-order chi connectivity index (χ0) is 9.84. The molecule has 0 aliphatic heterocycles. The molecule has 1 unspecified atom stereocenters. The summed E-state index contributed by atoms with van der Waals surface area (Å²) in [5, 5.41) is 16.5. The van der Waals surface area contributed by atoms with E-state index in [0.29, 0.717) is 11.1 Å². The highest BCUT2D eigenvalue weighted by Gasteiger charge is 2.15. The quantitative estimate of drug-likeness (QED) is 0.735. The standard InChI is InChI=1S/C7H10N2O3S/c1-4(6(10)11)3-5-8-9-7(12-5)13-2/h4H,3H2,1-2H3,(H,10,11). The lowest BCUT2D eigenvalue weighted by Crippen LogP contribution is -2.12. The van der Waals surface area contributed by atoms with Crippen LogP contribution in [0.4, 0.5) is 0 Å². The number of carboxylic acids is 1. The van der Waals surface area contributed by atoms with Crippen molar-refractivity contribution in [2.45, 2.75) is 18.6 Å². The van der Waals surface area contributed by atoms with Crippen LogP contribution in [0.2, 0.25) is 0 Å². The minimum absolute atomic E-state index is 0.281. The molecule has 0 spiro atoms. The number of aromatic nitrogens is 2. The minimum Gasteiger partial charge on any atom is -0.481 e. The van der Waals surface area contributed by atoms with Crippen LogP contribution >= 0.6 is 11.8 Å². The van der Waals surface area contributed by atoms with E-state index in [1.807, 2.05) is 6.26 Å². The third-order valence-electron chi connectivity index (χ3n) is 1.53. The zero-order valence-electron chi connectivity index (χ0n) is 7.35. The lowest BCUT2D eigenvalue weighted by atomic mass is 10.1. The van der Waals surface area contributed by atoms with Gasteiger partial charge in [0.1, 0.15) is 0 Å². The molecule has 13 heavy (non-hydrogen) atoms. The zero-order valence-corrected chi connectivity index (χ0v) is 8.17. The Bertz CT molecular complexity index is 300. The highest BCUT2D eigenvalue weighted by atomic mass is 32.2. The average Bonchev–Trinajstić information content (AvgIpc) is 2.52. The van der Waals surface area contributed by atoms with Gasteiger partial charge in [-0.15, -0.1) is 10.2 Å². The van der Waals surface area contributed by atoms with Gasteiger partial charge in [0.25, 0.3) is 5.22 Å². The van der Waals surface area contributed by atoms with Crippen LogP contribution in [-0.4, -0.2) is 27.5 Å². The lowest BCUT2D eigenvalue weighted by Gasteiger charge is -1.99. The van der Waals surface area contributed by atoms with Crippen LogP contribution in [0.15, 0.2) is 9.64 Å². The second-order valence-electron chi connectivity index (χ2n) is 2.61. The van der Waals surface area contributed by atoms with Crippen molar-refractivity contribution in [3.05, 3.63) is 5.89 Å². The van der Waals surface area contributed by atoms with Gasteiger partial charge in [0.15, 0.2) is 0 Å². The van der Waals surface area contributed by atoms with Crippen LogP contribution < -0.4 is 0 Å². The third kappa shape index (κ3) is 2.73. The minimum atomic E-state index is -0.857. The summed E-state index contributed by atoms with van der Waals surface area (Å²) >= 11 is 1.34. The molecular weight excluding hydrogens is 192 g/mol. The number of nitrogens with zero attached hydrogens (tertiary/aromatic N) is 2. The topological polar surface area (TPSA) is 76.2 Å². The first kappa shape index (κ1) is 10.0. The Morgan fingerprint density at radius 1 is 1.69 bits per heavy atom. The van der Waals surface area contributed by atoms with E-state index in [-0.39, 0.29) is 6.42 Å². The molecule has 1 atom stereocenters. The second-order valence-corrected chi connectivity index (χ2v) is 3.37. The summed E-state index contributed by atoms with van der Waals surface area (Å²) in [6.07, 6.45) is 2.10. The molecule has 1 rings (SSSR count). The summed E-state index contributed by atoms with van der Waals surface area (Å²) in [5.74, 6) is -0.974. The first-order chi connectivity index (χ1) is 6.13. The fourth-order valence-corrected chi connectivity index (χ4v) is 1.05. The highest BCUT2D eigenvalue weighted by Crippen LogP contribution is 2.14. The molecule has 1 aromatic rings. The fraction of sp³-hybridized carbons (Fsp3) is 0.571. The summed E-state index contributed by atoms with van der Waals surface area (Å²) in [4.78, 5) is 10.5. The molecule has 0 saturated heterocycles. The van der Waals surface area contributed by atoms with E-state index < -0.39 is 11.9 Å². The third-order valence-corrected chi connectivity index (χ3v) is 2.04. The van der Waals surface area contributed by atoms with Crippen molar-refractivity contribution in [1.82, 2.24) is 10.2 Å². The van der Waals surface area contributed by atoms with E-state index >= 15 is 0 Å². The highest BCUT2D eigenvalue weighted by molar-refractivity contribution is 7.98. The summed E-state index contributed by atoms with van der Waals surface area (Å²) < 4.78 is 5.13. The number of aliphatic carboxylic acids is 1. The van der Waals surface area contributed by atoms with Gasteiger partial charge >= 0.3 is 5.97 Å². The van der Waals surface area contributed by atoms with Gasteiger partial charge in [0.2, 0.25) is 5.89 Å². The molecule has 0 aliphatic carbocycles. The van der Waals surface area contributed by atoms with E-state index in [2.05, 4.69) is 10.2 Å². The molecule has 0 bridgehead atoms. The lowest BCUT2D eigenvalue weighted by molar-refractivity contribution is -0.141. The number of thioether (sulfide) groups is 1. The summed E-state index contributed by atoms with van der Waals surface area (Å²) in [5.41, 5.74) is 0. The van der Waals surface area contributed by atoms with Gasteiger partial charge in [-0.2, -0.15) is 0 Å². The normalized spacial score (nSPS) is 12.8. The Morgan fingerprint density at radius 2 is 2.38 bits per heavy atom. The van der Waals surface area contributed by atoms with Crippen molar-refractivity contribution < 1.29 is 14.3 Å². The molecule has 1 heterocycles. The van der Waals surface area contributed by atoms with E-state index in [1.165, 1.54) is 11.8 Å². The summed E-state index contributed by atoms with van der Waals surface area (Å²) in [6.45, 7) is 1.60. The van der Waals surface area contributed by atoms with Gasteiger partial charge in [-0.05, 0) is 6.26 Å². The van der Waals surface area contributed by atoms with Gasteiger partial charge in [0, 0.05) is 6.42 Å². The second kappa shape index (κ2) is 4.27. The predicted octanol–water partition coefficient (Wildman–Crippen LogP) is 1.05. The smallest absolute Gasteiger partial charge is 0.306 e. The molecule has 0 fully saturated rings. The van der Waals surface area contributed by atoms with Crippen molar-refractivity contribution in [3.63, 3.8) is 0 Å². The number of carbonyl (C=O) groups is 1. The van der Waals surface area contributed by atoms with E-state index in [9.17, 15) is 4.79 Å². The van der Waals surface area contributed by atoms with Crippen molar-refractivity contribution in [2.75, 3.05) is 6.26 Å². The number of hydrogen-bond acceptors (Lipinski definition) is 5. The van der Waals surface area contributed by atoms with Crippen LogP contribution in [0.3, 0.4) is 0 Å². The largest absolute Gasteiger partial charge is 0.481 e. The van der Waals surface area contributed by atoms with Crippen LogP contribution in [0.5, 0.6) is 0 Å². The van der Waals surface area contributed by atoms with Crippen molar-refractivity contribution in [2.24, 2.45) is 5.92 Å². The molecule has 5 nitrogen and oxygen atoms in total. The number of hydrogen-bond donors (Lipinski definition) is 1. The SMILES string of the molecule is CSc1nnc(CC(C)C(=O)O)o1. The van der Waals surface area contributed by atoms with E-state index in [1.54, 1.807) is 6.92 Å². The summed E-state index contributed by atoms with van der Waals surface area (Å²) in [6, 6.07) is 0. The Hall–Kier alpha value is -1.04. The first-order valence-corrected chi connectivity index (χ1v) is 4.95. The van der Waals surface area contributed by atoms with Crippen molar-refractivity contribution in [1.29, 1.82) is 0 Å². The molecule has 72 valence electrons. The van der Waals surface area contributed by atoms with Crippen LogP contribution in [-0.2, 0) is 11.2 Å². The van der Waals surface area contributed by atoms with Gasteiger partial charge in [-0.1, -0.05) is 18.7 Å². The predicted molar refractivity (Wildman–Crippen MR) is 46.6 cm³/mol. The number of carboxylic acid groups (broad SMARTS) is 1. The van der Waals surface area contributed by atoms with E-state index in [4.69, 9.17) is 9.52 Å². The molecule has 0 amide bonds. The maximum atomic E-state index is 10.5. The summed E-state index contributed by atoms with van der Waals surface area (Å²) in [7, 11) is 0. The van der Waals surface area contributed by atoms with Gasteiger partial charge in [0.05, 0.1) is 5.92 Å². The fourth-order valence-electron chi connectivity index (χ4n) is 0.752. The Morgan fingerprint density at radius 3 is 2.85 bits per heavy atom. The number of rotatable bonds is 4. The molecule has 1 aromatic heterocycles. The monoisotopic (exact) mass is 202 g/mol. The average molecular weight is 202 g/mol. The first-order valence-electron chi connectivity index (χ1n) is 3.72. The van der Waals surface area contributed by atoms with Crippen molar-refractivity contribution in [3.8, 4) is 0 Å². The maximum absolute atomic E-state index is 10.5. The van der Waals surface area contributed by atoms with Crippen LogP contribution in [0, 0.1) is 5.92 Å².